The molecule has 0 atom stereocenters. The fourth-order valence-corrected chi connectivity index (χ4v) is 3.88. The number of amides is 1. The summed E-state index contributed by atoms with van der Waals surface area (Å²) in [4.78, 5) is 30.8. The Morgan fingerprint density at radius 2 is 1.52 bits per heavy atom. The number of carbonyl (C=O) groups is 1. The van der Waals surface area contributed by atoms with Gasteiger partial charge < -0.3 is 20.2 Å². The number of nitrogens with zero attached hydrogens (tertiary/aromatic N) is 3. The molecule has 0 aliphatic carbocycles. The normalized spacial score (nSPS) is 11.5. The molecule has 7 heteroatoms. The summed E-state index contributed by atoms with van der Waals surface area (Å²) in [6.07, 6.45) is 0.914. The summed E-state index contributed by atoms with van der Waals surface area (Å²) in [5, 5.41) is 2.98. The number of aromatic nitrogens is 4. The van der Waals surface area contributed by atoms with Gasteiger partial charge in [-0.2, -0.15) is 0 Å². The molecule has 0 aliphatic rings. The van der Waals surface area contributed by atoms with Gasteiger partial charge in [-0.1, -0.05) is 30.3 Å². The molecule has 0 aliphatic heterocycles. The van der Waals surface area contributed by atoms with Gasteiger partial charge in [-0.05, 0) is 63.5 Å². The Labute approximate surface area is 191 Å². The van der Waals surface area contributed by atoms with E-state index in [1.165, 1.54) is 0 Å². The Morgan fingerprint density at radius 1 is 0.848 bits per heavy atom. The zero-order valence-electron chi connectivity index (χ0n) is 18.7. The van der Waals surface area contributed by atoms with Crippen molar-refractivity contribution in [2.45, 2.75) is 6.42 Å². The molecule has 0 unspecified atom stereocenters. The fraction of sp³-hybridized carbons (Fsp3) is 0.192. The predicted octanol–water partition coefficient (Wildman–Crippen LogP) is 4.45. The minimum atomic E-state index is -0.0703. The number of benzene rings is 3. The third-order valence-corrected chi connectivity index (χ3v) is 5.61. The standard InChI is InChI=1S/C26H26N6O/c1-32(2)14-6-13-27-26(33)19-10-12-21-23(16-19)31-25(29-21)18-9-11-20-22(15-18)30-24(28-20)17-7-4-3-5-8-17/h3-5,7-12,15-16H,6,13-14H2,1-2H3,(H,27,33)(H,28,30)(H,29,31). The van der Waals surface area contributed by atoms with Gasteiger partial charge >= 0.3 is 0 Å². The topological polar surface area (TPSA) is 89.7 Å². The maximum Gasteiger partial charge on any atom is 0.251 e. The van der Waals surface area contributed by atoms with Gasteiger partial charge in [-0.3, -0.25) is 4.79 Å². The van der Waals surface area contributed by atoms with Crippen molar-refractivity contribution in [2.75, 3.05) is 27.2 Å². The van der Waals surface area contributed by atoms with Crippen LogP contribution in [-0.2, 0) is 0 Å². The number of carbonyl (C=O) groups excluding carboxylic acids is 1. The number of rotatable bonds is 7. The number of nitrogens with one attached hydrogen (secondary N) is 3. The molecule has 3 aromatic carbocycles. The van der Waals surface area contributed by atoms with E-state index < -0.39 is 0 Å². The number of imidazole rings is 2. The predicted molar refractivity (Wildman–Crippen MR) is 132 cm³/mol. The SMILES string of the molecule is CN(C)CCCNC(=O)c1ccc2nc(-c3ccc4nc(-c5ccccc5)[nH]c4c3)[nH]c2c1. The van der Waals surface area contributed by atoms with Gasteiger partial charge in [0.15, 0.2) is 0 Å². The van der Waals surface area contributed by atoms with E-state index in [9.17, 15) is 4.79 Å². The first-order valence-electron chi connectivity index (χ1n) is 11.0. The Kier molecular flexibility index (Phi) is 5.62. The molecule has 5 aromatic rings. The lowest BCUT2D eigenvalue weighted by molar-refractivity contribution is 0.0952. The second kappa shape index (κ2) is 8.88. The zero-order chi connectivity index (χ0) is 22.8. The highest BCUT2D eigenvalue weighted by Gasteiger charge is 2.12. The molecule has 0 radical (unpaired) electrons. The fourth-order valence-electron chi connectivity index (χ4n) is 3.88. The molecule has 0 fully saturated rings. The van der Waals surface area contributed by atoms with Crippen molar-refractivity contribution in [3.8, 4) is 22.8 Å². The van der Waals surface area contributed by atoms with Gasteiger partial charge in [0.2, 0.25) is 0 Å². The molecule has 2 aromatic heterocycles. The van der Waals surface area contributed by atoms with Crippen LogP contribution < -0.4 is 5.32 Å². The van der Waals surface area contributed by atoms with E-state index >= 15 is 0 Å². The summed E-state index contributed by atoms with van der Waals surface area (Å²) >= 11 is 0. The van der Waals surface area contributed by atoms with Crippen LogP contribution in [0.15, 0.2) is 66.7 Å². The second-order valence-corrected chi connectivity index (χ2v) is 8.41. The number of hydrogen-bond acceptors (Lipinski definition) is 4. The van der Waals surface area contributed by atoms with E-state index in [-0.39, 0.29) is 5.91 Å². The third kappa shape index (κ3) is 4.49. The second-order valence-electron chi connectivity index (χ2n) is 8.41. The highest BCUT2D eigenvalue weighted by Crippen LogP contribution is 2.26. The molecule has 0 saturated heterocycles. The Bertz CT molecular complexity index is 1420. The van der Waals surface area contributed by atoms with Gasteiger partial charge in [-0.25, -0.2) is 9.97 Å². The minimum Gasteiger partial charge on any atom is -0.352 e. The lowest BCUT2D eigenvalue weighted by Gasteiger charge is -2.09. The van der Waals surface area contributed by atoms with E-state index in [1.54, 1.807) is 0 Å². The van der Waals surface area contributed by atoms with Crippen molar-refractivity contribution in [2.24, 2.45) is 0 Å². The first-order valence-corrected chi connectivity index (χ1v) is 11.0. The van der Waals surface area contributed by atoms with Gasteiger partial charge in [0.05, 0.1) is 22.1 Å². The molecular formula is C26H26N6O. The zero-order valence-corrected chi connectivity index (χ0v) is 18.7. The van der Waals surface area contributed by atoms with Crippen molar-refractivity contribution < 1.29 is 4.79 Å². The van der Waals surface area contributed by atoms with Crippen LogP contribution in [0, 0.1) is 0 Å². The third-order valence-electron chi connectivity index (χ3n) is 5.61. The highest BCUT2D eigenvalue weighted by atomic mass is 16.1. The molecule has 1 amide bonds. The van der Waals surface area contributed by atoms with Gasteiger partial charge in [0.25, 0.3) is 5.91 Å². The maximum absolute atomic E-state index is 12.5. The molecule has 0 saturated carbocycles. The first-order chi connectivity index (χ1) is 16.1. The summed E-state index contributed by atoms with van der Waals surface area (Å²) in [5.74, 6) is 1.53. The Hall–Kier alpha value is -3.97. The summed E-state index contributed by atoms with van der Waals surface area (Å²) in [6, 6.07) is 21.7. The molecular weight excluding hydrogens is 412 g/mol. The van der Waals surface area contributed by atoms with Crippen molar-refractivity contribution in [3.05, 3.63) is 72.3 Å². The molecule has 166 valence electrons. The van der Waals surface area contributed by atoms with Crippen LogP contribution in [0.4, 0.5) is 0 Å². The molecule has 3 N–H and O–H groups in total. The average molecular weight is 439 g/mol. The van der Waals surface area contributed by atoms with Gasteiger partial charge in [0.1, 0.15) is 11.6 Å². The summed E-state index contributed by atoms with van der Waals surface area (Å²) in [6.45, 7) is 1.59. The van der Waals surface area contributed by atoms with Crippen LogP contribution in [0.25, 0.3) is 44.8 Å². The minimum absolute atomic E-state index is 0.0703. The maximum atomic E-state index is 12.5. The summed E-state index contributed by atoms with van der Waals surface area (Å²) in [5.41, 5.74) is 6.14. The van der Waals surface area contributed by atoms with E-state index in [2.05, 4.69) is 20.2 Å². The quantitative estimate of drug-likeness (QED) is 0.327. The lowest BCUT2D eigenvalue weighted by Crippen LogP contribution is -2.27. The monoisotopic (exact) mass is 438 g/mol. The van der Waals surface area contributed by atoms with Crippen molar-refractivity contribution >= 4 is 28.0 Å². The Morgan fingerprint density at radius 3 is 2.24 bits per heavy atom. The van der Waals surface area contributed by atoms with Crippen molar-refractivity contribution in [1.29, 1.82) is 0 Å². The largest absolute Gasteiger partial charge is 0.352 e. The van der Waals surface area contributed by atoms with Crippen molar-refractivity contribution in [3.63, 3.8) is 0 Å². The highest BCUT2D eigenvalue weighted by molar-refractivity contribution is 5.97. The lowest BCUT2D eigenvalue weighted by atomic mass is 10.2. The number of H-pyrrole nitrogens is 2. The van der Waals surface area contributed by atoms with Crippen LogP contribution in [0.1, 0.15) is 16.8 Å². The van der Waals surface area contributed by atoms with Crippen LogP contribution in [0.2, 0.25) is 0 Å². The molecule has 33 heavy (non-hydrogen) atoms. The van der Waals surface area contributed by atoms with Crippen molar-refractivity contribution in [1.82, 2.24) is 30.2 Å². The number of hydrogen-bond donors (Lipinski definition) is 3. The average Bonchev–Trinajstić information content (AvgIpc) is 3.45. The number of fused-ring (bicyclic) bond motifs is 2. The molecule has 0 bridgehead atoms. The van der Waals surface area contributed by atoms with Gasteiger partial charge in [0, 0.05) is 23.2 Å². The van der Waals surface area contributed by atoms with Crippen LogP contribution in [0.5, 0.6) is 0 Å². The van der Waals surface area contributed by atoms with E-state index in [1.807, 2.05) is 80.8 Å². The van der Waals surface area contributed by atoms with E-state index in [0.29, 0.717) is 12.1 Å². The molecule has 7 nitrogen and oxygen atoms in total. The molecule has 0 spiro atoms. The number of aromatic amines is 2. The van der Waals surface area contributed by atoms with E-state index in [4.69, 9.17) is 9.97 Å². The summed E-state index contributed by atoms with van der Waals surface area (Å²) < 4.78 is 0. The smallest absolute Gasteiger partial charge is 0.251 e. The van der Waals surface area contributed by atoms with Gasteiger partial charge in [-0.15, -0.1) is 0 Å². The molecule has 5 rings (SSSR count). The Balaban J connectivity index is 1.37. The van der Waals surface area contributed by atoms with Crippen LogP contribution in [-0.4, -0.2) is 57.9 Å². The van der Waals surface area contributed by atoms with Crippen LogP contribution >= 0.6 is 0 Å². The van der Waals surface area contributed by atoms with Crippen LogP contribution in [0.3, 0.4) is 0 Å². The summed E-state index contributed by atoms with van der Waals surface area (Å²) in [7, 11) is 4.05. The first kappa shape index (κ1) is 20.9. The molecule has 2 heterocycles. The van der Waals surface area contributed by atoms with E-state index in [0.717, 1.165) is 57.8 Å².